The van der Waals surface area contributed by atoms with E-state index in [0.717, 1.165) is 11.1 Å². The second-order valence-corrected chi connectivity index (χ2v) is 3.56. The molecule has 0 aliphatic heterocycles. The third kappa shape index (κ3) is 4.66. The lowest BCUT2D eigenvalue weighted by molar-refractivity contribution is 0.410. The molecule has 0 N–H and O–H groups in total. The maximum Gasteiger partial charge on any atom is 0.0907 e. The van der Waals surface area contributed by atoms with Crippen LogP contribution in [0.5, 0.6) is 0 Å². The first kappa shape index (κ1) is 13.7. The minimum absolute atomic E-state index is 0. The van der Waals surface area contributed by atoms with Crippen molar-refractivity contribution in [2.45, 2.75) is 0 Å². The Bertz CT molecular complexity index is 442. The van der Waals surface area contributed by atoms with Gasteiger partial charge in [-0.2, -0.15) is 0 Å². The molecule has 18 heavy (non-hydrogen) atoms. The number of ether oxygens (including phenoxy) is 1. The zero-order chi connectivity index (χ0) is 11.8. The van der Waals surface area contributed by atoms with Gasteiger partial charge in [0.15, 0.2) is 0 Å². The van der Waals surface area contributed by atoms with E-state index in [9.17, 15) is 0 Å². The summed E-state index contributed by atoms with van der Waals surface area (Å²) in [4.78, 5) is 0. The Morgan fingerprint density at radius 3 is 1.39 bits per heavy atom. The van der Waals surface area contributed by atoms with Crippen molar-refractivity contribution in [3.05, 3.63) is 84.3 Å². The molecule has 2 aromatic rings. The van der Waals surface area contributed by atoms with Gasteiger partial charge in [0, 0.05) is 0 Å². The van der Waals surface area contributed by atoms with Crippen molar-refractivity contribution < 1.29 is 9.44 Å². The normalized spacial score (nSPS) is 10.4. The zero-order valence-electron chi connectivity index (χ0n) is 9.90. The lowest BCUT2D eigenvalue weighted by atomic mass is 10.2. The van der Waals surface area contributed by atoms with Crippen LogP contribution in [-0.2, 0) is 4.74 Å². The van der Waals surface area contributed by atoms with Gasteiger partial charge in [-0.1, -0.05) is 60.7 Å². The van der Waals surface area contributed by atoms with Gasteiger partial charge in [0.05, 0.1) is 12.5 Å². The van der Waals surface area contributed by atoms with Crippen LogP contribution < -0.4 is 0 Å². The van der Waals surface area contributed by atoms with Crippen molar-refractivity contribution in [3.8, 4) is 0 Å². The average molecular weight is 242 g/mol. The number of hydrogen-bond acceptors (Lipinski definition) is 1. The van der Waals surface area contributed by atoms with Crippen molar-refractivity contribution in [3.63, 3.8) is 0 Å². The first-order valence-electron chi connectivity index (χ1n) is 5.54. The summed E-state index contributed by atoms with van der Waals surface area (Å²) >= 11 is 0. The second-order valence-electron chi connectivity index (χ2n) is 3.56. The Kier molecular flexibility index (Phi) is 5.98. The molecule has 0 spiro atoms. The minimum Gasteiger partial charge on any atom is -0.473 e. The van der Waals surface area contributed by atoms with E-state index in [1.165, 1.54) is 0 Å². The summed E-state index contributed by atoms with van der Waals surface area (Å²) in [6.45, 7) is 0. The minimum atomic E-state index is 0. The van der Waals surface area contributed by atoms with Gasteiger partial charge in [0.25, 0.3) is 0 Å². The first-order valence-corrected chi connectivity index (χ1v) is 5.54. The van der Waals surface area contributed by atoms with Crippen LogP contribution in [0.2, 0.25) is 0 Å². The van der Waals surface area contributed by atoms with E-state index in [1.807, 2.05) is 72.8 Å². The summed E-state index contributed by atoms with van der Waals surface area (Å²) in [6.07, 6.45) is 7.20. The van der Waals surface area contributed by atoms with Crippen LogP contribution >= 0.6 is 0 Å². The molecule has 2 aromatic carbocycles. The fraction of sp³-hybridized carbons (Fsp3) is 0. The highest BCUT2D eigenvalue weighted by Crippen LogP contribution is 2.03. The van der Waals surface area contributed by atoms with Crippen molar-refractivity contribution in [2.24, 2.45) is 0 Å². The molecule has 1 nitrogen and oxygen atoms in total. The van der Waals surface area contributed by atoms with Gasteiger partial charge >= 0.3 is 0 Å². The van der Waals surface area contributed by atoms with Gasteiger partial charge in [-0.15, -0.1) is 0 Å². The summed E-state index contributed by atoms with van der Waals surface area (Å²) in [5.74, 6) is 0. The van der Waals surface area contributed by atoms with E-state index >= 15 is 0 Å². The van der Waals surface area contributed by atoms with Gasteiger partial charge in [-0.25, -0.2) is 0 Å². The predicted molar refractivity (Wildman–Crippen MR) is 74.5 cm³/mol. The number of halogens is 1. The molecule has 0 bridgehead atoms. The lowest BCUT2D eigenvalue weighted by Crippen LogP contribution is -1.71. The van der Waals surface area contributed by atoms with E-state index in [4.69, 9.17) is 4.74 Å². The van der Waals surface area contributed by atoms with Crippen LogP contribution in [0.15, 0.2) is 73.2 Å². The Balaban J connectivity index is 0.00000162. The monoisotopic (exact) mass is 242 g/mol. The maximum absolute atomic E-state index is 5.28. The second kappa shape index (κ2) is 7.85. The largest absolute Gasteiger partial charge is 0.473 e. The Morgan fingerprint density at radius 2 is 1.00 bits per heavy atom. The van der Waals surface area contributed by atoms with E-state index in [1.54, 1.807) is 12.5 Å². The molecule has 0 amide bonds. The topological polar surface area (TPSA) is 9.23 Å². The van der Waals surface area contributed by atoms with Crippen LogP contribution in [0.3, 0.4) is 0 Å². The van der Waals surface area contributed by atoms with Crippen molar-refractivity contribution in [2.75, 3.05) is 0 Å². The highest BCUT2D eigenvalue weighted by molar-refractivity contribution is 5.49. The third-order valence-electron chi connectivity index (χ3n) is 2.28. The summed E-state index contributed by atoms with van der Waals surface area (Å²) in [6, 6.07) is 20.1. The molecule has 0 radical (unpaired) electrons. The van der Waals surface area contributed by atoms with Crippen LogP contribution in [0.1, 0.15) is 11.1 Å². The maximum atomic E-state index is 5.28. The van der Waals surface area contributed by atoms with Gasteiger partial charge in [-0.3, -0.25) is 4.70 Å². The molecule has 0 aromatic heterocycles. The van der Waals surface area contributed by atoms with Gasteiger partial charge in [0.2, 0.25) is 0 Å². The standard InChI is InChI=1S/C16H14O.FH/c1-3-7-15(8-4-1)11-13-17-14-12-16-9-5-2-6-10-16;/h1-14H;1H. The Morgan fingerprint density at radius 1 is 0.611 bits per heavy atom. The molecule has 0 saturated heterocycles. The molecule has 2 heteroatoms. The van der Waals surface area contributed by atoms with Gasteiger partial charge < -0.3 is 4.74 Å². The Hall–Kier alpha value is -2.35. The fourth-order valence-corrected chi connectivity index (χ4v) is 1.41. The number of hydrogen-bond donors (Lipinski definition) is 0. The predicted octanol–water partition coefficient (Wildman–Crippen LogP) is 4.50. The molecule has 0 fully saturated rings. The summed E-state index contributed by atoms with van der Waals surface area (Å²) in [7, 11) is 0. The molecule has 0 heterocycles. The van der Waals surface area contributed by atoms with Gasteiger partial charge in [-0.05, 0) is 23.3 Å². The Labute approximate surface area is 106 Å². The lowest BCUT2D eigenvalue weighted by Gasteiger charge is -1.93. The number of benzene rings is 2. The number of rotatable bonds is 4. The fourth-order valence-electron chi connectivity index (χ4n) is 1.41. The molecule has 0 atom stereocenters. The van der Waals surface area contributed by atoms with Crippen LogP contribution in [-0.4, -0.2) is 0 Å². The van der Waals surface area contributed by atoms with Crippen LogP contribution in [0.25, 0.3) is 12.2 Å². The average Bonchev–Trinajstić information content (AvgIpc) is 2.41. The van der Waals surface area contributed by atoms with Crippen molar-refractivity contribution >= 4 is 12.2 Å². The van der Waals surface area contributed by atoms with E-state index in [0.29, 0.717) is 0 Å². The van der Waals surface area contributed by atoms with Crippen molar-refractivity contribution in [1.82, 2.24) is 0 Å². The highest BCUT2D eigenvalue weighted by Gasteiger charge is 1.83. The quantitative estimate of drug-likeness (QED) is 0.717. The van der Waals surface area contributed by atoms with Crippen LogP contribution in [0, 0.1) is 0 Å². The van der Waals surface area contributed by atoms with E-state index in [-0.39, 0.29) is 4.70 Å². The molecule has 0 aliphatic rings. The smallest absolute Gasteiger partial charge is 0.0907 e. The molecular formula is C16H15FO. The van der Waals surface area contributed by atoms with Gasteiger partial charge in [0.1, 0.15) is 0 Å². The summed E-state index contributed by atoms with van der Waals surface area (Å²) < 4.78 is 5.28. The molecular weight excluding hydrogens is 227 g/mol. The molecule has 0 aliphatic carbocycles. The molecule has 0 saturated carbocycles. The van der Waals surface area contributed by atoms with E-state index < -0.39 is 0 Å². The molecule has 2 rings (SSSR count). The van der Waals surface area contributed by atoms with Crippen molar-refractivity contribution in [1.29, 1.82) is 0 Å². The zero-order valence-corrected chi connectivity index (χ0v) is 9.90. The summed E-state index contributed by atoms with van der Waals surface area (Å²) in [5.41, 5.74) is 2.25. The third-order valence-corrected chi connectivity index (χ3v) is 2.28. The molecule has 0 unspecified atom stereocenters. The SMILES string of the molecule is C(=Cc1ccccc1)OC=Cc1ccccc1.F. The first-order chi connectivity index (χ1) is 8.45. The van der Waals surface area contributed by atoms with Crippen LogP contribution in [0.4, 0.5) is 4.70 Å². The van der Waals surface area contributed by atoms with E-state index in [2.05, 4.69) is 0 Å². The summed E-state index contributed by atoms with van der Waals surface area (Å²) in [5, 5.41) is 0. The molecule has 92 valence electrons. The highest BCUT2D eigenvalue weighted by atomic mass is 19.0.